The number of amides is 3. The van der Waals surface area contributed by atoms with Crippen molar-refractivity contribution in [2.75, 3.05) is 20.1 Å². The minimum absolute atomic E-state index is 0.00868. The molecule has 1 aromatic rings. The summed E-state index contributed by atoms with van der Waals surface area (Å²) >= 11 is 0. The van der Waals surface area contributed by atoms with E-state index in [9.17, 15) is 49.1 Å². The van der Waals surface area contributed by atoms with Crippen molar-refractivity contribution in [3.63, 3.8) is 0 Å². The van der Waals surface area contributed by atoms with Gasteiger partial charge in [-0.05, 0) is 42.0 Å². The Balaban J connectivity index is 1.43. The average molecular weight is 613 g/mol. The topological polar surface area (TPSA) is 107 Å². The molecule has 0 radical (unpaired) electrons. The average Bonchev–Trinajstić information content (AvgIpc) is 3.16. The fraction of sp³-hybridized carbons (Fsp3) is 0.640. The van der Waals surface area contributed by atoms with E-state index in [1.807, 2.05) is 13.8 Å². The van der Waals surface area contributed by atoms with Gasteiger partial charge in [-0.25, -0.2) is 0 Å². The summed E-state index contributed by atoms with van der Waals surface area (Å²) in [5.74, 6) is -2.62. The summed E-state index contributed by atoms with van der Waals surface area (Å²) in [4.78, 5) is 39.7. The zero-order valence-electron chi connectivity index (χ0n) is 22.6. The third-order valence-electron chi connectivity index (χ3n) is 8.38. The Morgan fingerprint density at radius 1 is 1.00 bits per heavy atom. The zero-order valence-corrected chi connectivity index (χ0v) is 23.4. The molecule has 1 unspecified atom stereocenters. The SMILES string of the molecule is C[C@@H]1C(=O)N(C(=O)C2[C@@H](C)[C@H]2C)[C@H]2CCN(S(=O)(=O)N(C)CC(=O)NCc3cc(C(F)(F)F)cc(C(F)(F)F)c3)[C@H]12. The van der Waals surface area contributed by atoms with Crippen molar-refractivity contribution in [3.8, 4) is 0 Å². The highest BCUT2D eigenvalue weighted by Crippen LogP contribution is 2.49. The summed E-state index contributed by atoms with van der Waals surface area (Å²) in [5.41, 5.74) is -3.56. The van der Waals surface area contributed by atoms with Gasteiger partial charge >= 0.3 is 12.4 Å². The predicted molar refractivity (Wildman–Crippen MR) is 132 cm³/mol. The number of likely N-dealkylation sites (tertiary alicyclic amines) is 1. The van der Waals surface area contributed by atoms with Crippen LogP contribution in [-0.2, 0) is 43.5 Å². The molecule has 2 saturated heterocycles. The summed E-state index contributed by atoms with van der Waals surface area (Å²) in [6.07, 6.45) is -9.90. The maximum Gasteiger partial charge on any atom is 0.416 e. The highest BCUT2D eigenvalue weighted by molar-refractivity contribution is 7.86. The van der Waals surface area contributed by atoms with Gasteiger partial charge in [0.05, 0.1) is 35.7 Å². The second-order valence-corrected chi connectivity index (χ2v) is 13.0. The van der Waals surface area contributed by atoms with Gasteiger partial charge in [0, 0.05) is 26.1 Å². The van der Waals surface area contributed by atoms with Gasteiger partial charge < -0.3 is 5.32 Å². The van der Waals surface area contributed by atoms with Gasteiger partial charge in [0.1, 0.15) is 0 Å². The number of benzene rings is 1. The van der Waals surface area contributed by atoms with Crippen molar-refractivity contribution < 1.29 is 49.1 Å². The van der Waals surface area contributed by atoms with Gasteiger partial charge in [0.15, 0.2) is 0 Å². The first-order valence-corrected chi connectivity index (χ1v) is 14.3. The molecule has 1 saturated carbocycles. The molecule has 1 aliphatic carbocycles. The van der Waals surface area contributed by atoms with Gasteiger partial charge in [0.2, 0.25) is 17.7 Å². The molecule has 16 heteroatoms. The second kappa shape index (κ2) is 10.5. The summed E-state index contributed by atoms with van der Waals surface area (Å²) in [6.45, 7) is 3.84. The molecule has 2 heterocycles. The molecular formula is C25H30F6N4O5S. The van der Waals surface area contributed by atoms with E-state index < -0.39 is 82.2 Å². The van der Waals surface area contributed by atoms with Gasteiger partial charge in [0.25, 0.3) is 10.2 Å². The van der Waals surface area contributed by atoms with Crippen molar-refractivity contribution in [1.82, 2.24) is 18.8 Å². The molecule has 1 N–H and O–H groups in total. The molecule has 6 atom stereocenters. The number of carbonyl (C=O) groups is 3. The van der Waals surface area contributed by atoms with Crippen LogP contribution in [0, 0.1) is 23.7 Å². The number of fused-ring (bicyclic) bond motifs is 1. The van der Waals surface area contributed by atoms with E-state index in [4.69, 9.17) is 0 Å². The second-order valence-electron chi connectivity index (χ2n) is 11.0. The van der Waals surface area contributed by atoms with E-state index >= 15 is 0 Å². The number of hydrogen-bond donors (Lipinski definition) is 1. The van der Waals surface area contributed by atoms with E-state index in [1.165, 1.54) is 11.8 Å². The molecule has 0 spiro atoms. The third kappa shape index (κ3) is 5.82. The fourth-order valence-corrected chi connectivity index (χ4v) is 7.42. The lowest BCUT2D eigenvalue weighted by molar-refractivity contribution is -0.147. The summed E-state index contributed by atoms with van der Waals surface area (Å²) < 4.78 is 107. The molecule has 41 heavy (non-hydrogen) atoms. The Hall–Kier alpha value is -2.72. The van der Waals surface area contributed by atoms with Crippen LogP contribution in [0.25, 0.3) is 0 Å². The smallest absolute Gasteiger partial charge is 0.351 e. The maximum atomic E-state index is 13.4. The molecule has 0 aromatic heterocycles. The molecule has 3 aliphatic rings. The molecule has 0 bridgehead atoms. The lowest BCUT2D eigenvalue weighted by Crippen LogP contribution is -2.50. The molecule has 3 fully saturated rings. The number of imide groups is 1. The largest absolute Gasteiger partial charge is 0.416 e. The van der Waals surface area contributed by atoms with Crippen LogP contribution in [0.2, 0.25) is 0 Å². The van der Waals surface area contributed by atoms with E-state index in [1.54, 1.807) is 0 Å². The molecule has 3 amide bonds. The quantitative estimate of drug-likeness (QED) is 0.377. The van der Waals surface area contributed by atoms with Crippen LogP contribution < -0.4 is 5.32 Å². The Morgan fingerprint density at radius 2 is 1.54 bits per heavy atom. The van der Waals surface area contributed by atoms with Crippen LogP contribution in [-0.4, -0.2) is 71.9 Å². The lowest BCUT2D eigenvalue weighted by Gasteiger charge is -2.29. The van der Waals surface area contributed by atoms with Gasteiger partial charge in [-0.15, -0.1) is 0 Å². The first-order chi connectivity index (χ1) is 18.8. The number of carbonyl (C=O) groups excluding carboxylic acids is 3. The van der Waals surface area contributed by atoms with Crippen LogP contribution in [0.1, 0.15) is 43.9 Å². The summed E-state index contributed by atoms with van der Waals surface area (Å²) in [6, 6.07) is -0.586. The number of halogens is 6. The summed E-state index contributed by atoms with van der Waals surface area (Å²) in [7, 11) is -3.25. The molecule has 9 nitrogen and oxygen atoms in total. The minimum Gasteiger partial charge on any atom is -0.351 e. The Kier molecular flexibility index (Phi) is 8.01. The first-order valence-electron chi connectivity index (χ1n) is 12.9. The van der Waals surface area contributed by atoms with Gasteiger partial charge in [-0.3, -0.25) is 19.3 Å². The Morgan fingerprint density at radius 3 is 2.02 bits per heavy atom. The highest BCUT2D eigenvalue weighted by atomic mass is 32.2. The number of nitrogens with one attached hydrogen (secondary N) is 1. The number of alkyl halides is 6. The number of nitrogens with zero attached hydrogens (tertiary/aromatic N) is 3. The van der Waals surface area contributed by atoms with Crippen LogP contribution >= 0.6 is 0 Å². The normalized spacial score (nSPS) is 28.8. The number of likely N-dealkylation sites (N-methyl/N-ethyl adjacent to an activating group) is 1. The van der Waals surface area contributed by atoms with Gasteiger partial charge in [-0.1, -0.05) is 20.8 Å². The Bertz CT molecular complexity index is 1310. The molecule has 1 aromatic carbocycles. The van der Waals surface area contributed by atoms with Crippen molar-refractivity contribution in [2.45, 2.75) is 58.2 Å². The van der Waals surface area contributed by atoms with Crippen molar-refractivity contribution in [1.29, 1.82) is 0 Å². The monoisotopic (exact) mass is 612 g/mol. The van der Waals surface area contributed by atoms with E-state index in [0.717, 1.165) is 11.4 Å². The fourth-order valence-electron chi connectivity index (χ4n) is 5.82. The standard InChI is InChI=1S/C25H30F6N4O5S/c1-12-13(2)20(12)23(38)35-18-5-6-34(21(18)14(3)22(35)37)41(39,40)33(4)11-19(36)32-10-15-7-16(24(26,27)28)9-17(8-15)25(29,30)31/h7-9,12-14,18,20-21H,5-6,10-11H2,1-4H3,(H,32,36)/t12-,13+,14-,18-,20?,21+/m0/s1. The predicted octanol–water partition coefficient (Wildman–Crippen LogP) is 2.87. The van der Waals surface area contributed by atoms with Crippen molar-refractivity contribution >= 4 is 27.9 Å². The minimum atomic E-state index is -5.06. The van der Waals surface area contributed by atoms with E-state index in [2.05, 4.69) is 5.32 Å². The van der Waals surface area contributed by atoms with Crippen LogP contribution in [0.4, 0.5) is 26.3 Å². The zero-order chi connectivity index (χ0) is 30.8. The van der Waals surface area contributed by atoms with E-state index in [-0.39, 0.29) is 42.7 Å². The van der Waals surface area contributed by atoms with Crippen LogP contribution in [0.5, 0.6) is 0 Å². The van der Waals surface area contributed by atoms with Crippen molar-refractivity contribution in [3.05, 3.63) is 34.9 Å². The number of rotatable bonds is 7. The van der Waals surface area contributed by atoms with E-state index in [0.29, 0.717) is 16.4 Å². The Labute approximate surface area is 233 Å². The van der Waals surface area contributed by atoms with Crippen molar-refractivity contribution in [2.24, 2.45) is 23.7 Å². The highest BCUT2D eigenvalue weighted by Gasteiger charge is 2.60. The maximum absolute atomic E-state index is 13.4. The molecule has 4 rings (SSSR count). The lowest BCUT2D eigenvalue weighted by atomic mass is 10.0. The third-order valence-corrected chi connectivity index (χ3v) is 10.3. The molecular weight excluding hydrogens is 582 g/mol. The van der Waals surface area contributed by atoms with Gasteiger partial charge in [-0.2, -0.15) is 43.4 Å². The molecule has 228 valence electrons. The first kappa shape index (κ1) is 31.2. The van der Waals surface area contributed by atoms with Crippen LogP contribution in [0.15, 0.2) is 18.2 Å². The summed E-state index contributed by atoms with van der Waals surface area (Å²) in [5, 5.41) is 2.16. The van der Waals surface area contributed by atoms with Crippen LogP contribution in [0.3, 0.4) is 0 Å². The molecule has 2 aliphatic heterocycles. The number of hydrogen-bond acceptors (Lipinski definition) is 5.